The summed E-state index contributed by atoms with van der Waals surface area (Å²) in [6, 6.07) is 14.4. The van der Waals surface area contributed by atoms with E-state index < -0.39 is 5.97 Å². The Labute approximate surface area is 158 Å². The van der Waals surface area contributed by atoms with Crippen LogP contribution in [0.1, 0.15) is 25.3 Å². The number of aliphatic carboxylic acids is 1. The maximum Gasteiger partial charge on any atom is 0.323 e. The van der Waals surface area contributed by atoms with E-state index in [1.807, 2.05) is 12.1 Å². The van der Waals surface area contributed by atoms with E-state index in [0.717, 1.165) is 35.7 Å². The average molecular weight is 366 g/mol. The van der Waals surface area contributed by atoms with E-state index in [2.05, 4.69) is 18.0 Å². The number of hydrogen-bond donors (Lipinski definition) is 1. The number of anilines is 1. The molecule has 140 valence electrons. The van der Waals surface area contributed by atoms with E-state index in [1.165, 1.54) is 11.6 Å². The molecule has 0 saturated carbocycles. The molecule has 2 aromatic carbocycles. The van der Waals surface area contributed by atoms with Gasteiger partial charge >= 0.3 is 5.97 Å². The van der Waals surface area contributed by atoms with E-state index in [-0.39, 0.29) is 12.4 Å². The molecule has 5 heteroatoms. The monoisotopic (exact) mass is 366 g/mol. The summed E-state index contributed by atoms with van der Waals surface area (Å²) in [5.74, 6) is -0.748. The molecule has 0 saturated heterocycles. The standard InChI is InChI=1S/C22H23FN2O2/c1-3-4-7-15-10-11-20-18(12-15)17(16-8-5-6-9-19(16)23)13-21(24-20)25(2)14-22(26)27/h5-6,8-13H,3-4,7,14H2,1-2H3,(H,26,27). The van der Waals surface area contributed by atoms with Gasteiger partial charge in [-0.3, -0.25) is 4.79 Å². The number of carboxylic acid groups (broad SMARTS) is 1. The summed E-state index contributed by atoms with van der Waals surface area (Å²) in [5.41, 5.74) is 3.13. The Hall–Kier alpha value is -2.95. The number of aryl methyl sites for hydroxylation is 1. The first kappa shape index (κ1) is 18.8. The van der Waals surface area contributed by atoms with Crippen LogP contribution in [-0.2, 0) is 11.2 Å². The lowest BCUT2D eigenvalue weighted by molar-refractivity contribution is -0.135. The van der Waals surface area contributed by atoms with Crippen molar-refractivity contribution in [1.29, 1.82) is 0 Å². The molecule has 0 aliphatic heterocycles. The van der Waals surface area contributed by atoms with Crippen molar-refractivity contribution < 1.29 is 14.3 Å². The van der Waals surface area contributed by atoms with Gasteiger partial charge in [0, 0.05) is 18.0 Å². The summed E-state index contributed by atoms with van der Waals surface area (Å²) in [7, 11) is 1.67. The zero-order valence-electron chi connectivity index (χ0n) is 15.6. The van der Waals surface area contributed by atoms with Crippen molar-refractivity contribution in [1.82, 2.24) is 4.98 Å². The molecule has 3 rings (SSSR count). The molecule has 1 heterocycles. The lowest BCUT2D eigenvalue weighted by Crippen LogP contribution is -2.26. The molecular formula is C22H23FN2O2. The number of carbonyl (C=O) groups is 1. The van der Waals surface area contributed by atoms with Crippen LogP contribution < -0.4 is 4.90 Å². The van der Waals surface area contributed by atoms with Crippen molar-refractivity contribution in [3.63, 3.8) is 0 Å². The van der Waals surface area contributed by atoms with Gasteiger partial charge in [-0.2, -0.15) is 0 Å². The molecule has 0 aliphatic rings. The van der Waals surface area contributed by atoms with Crippen LogP contribution in [0.15, 0.2) is 48.5 Å². The zero-order chi connectivity index (χ0) is 19.4. The minimum Gasteiger partial charge on any atom is -0.480 e. The van der Waals surface area contributed by atoms with Crippen molar-refractivity contribution in [2.24, 2.45) is 0 Å². The molecule has 0 radical (unpaired) electrons. The molecule has 0 fully saturated rings. The lowest BCUT2D eigenvalue weighted by atomic mass is 9.97. The number of unbranched alkanes of at least 4 members (excludes halogenated alkanes) is 1. The number of hydrogen-bond acceptors (Lipinski definition) is 3. The summed E-state index contributed by atoms with van der Waals surface area (Å²) >= 11 is 0. The minimum absolute atomic E-state index is 0.177. The number of pyridine rings is 1. The molecule has 0 aliphatic carbocycles. The Morgan fingerprint density at radius 3 is 2.63 bits per heavy atom. The van der Waals surface area contributed by atoms with Crippen LogP contribution in [0.2, 0.25) is 0 Å². The fourth-order valence-corrected chi connectivity index (χ4v) is 3.18. The van der Waals surface area contributed by atoms with E-state index in [9.17, 15) is 9.18 Å². The third-order valence-electron chi connectivity index (χ3n) is 4.61. The highest BCUT2D eigenvalue weighted by Gasteiger charge is 2.15. The Balaban J connectivity index is 2.19. The third kappa shape index (κ3) is 4.25. The topological polar surface area (TPSA) is 53.4 Å². The summed E-state index contributed by atoms with van der Waals surface area (Å²) < 4.78 is 14.5. The normalized spacial score (nSPS) is 10.9. The summed E-state index contributed by atoms with van der Waals surface area (Å²) in [4.78, 5) is 17.2. The highest BCUT2D eigenvalue weighted by molar-refractivity contribution is 5.97. The van der Waals surface area contributed by atoms with Crippen molar-refractivity contribution in [3.05, 3.63) is 59.9 Å². The zero-order valence-corrected chi connectivity index (χ0v) is 15.6. The molecule has 27 heavy (non-hydrogen) atoms. The molecule has 1 aromatic heterocycles. The summed E-state index contributed by atoms with van der Waals surface area (Å²) in [6.07, 6.45) is 3.16. The molecule has 0 spiro atoms. The highest BCUT2D eigenvalue weighted by Crippen LogP contribution is 2.33. The van der Waals surface area contributed by atoms with Crippen LogP contribution in [0.3, 0.4) is 0 Å². The van der Waals surface area contributed by atoms with Crippen LogP contribution in [0, 0.1) is 5.82 Å². The molecule has 0 bridgehead atoms. The average Bonchev–Trinajstić information content (AvgIpc) is 2.65. The number of carboxylic acids is 1. The van der Waals surface area contributed by atoms with Gasteiger partial charge in [-0.1, -0.05) is 37.6 Å². The molecule has 0 atom stereocenters. The van der Waals surface area contributed by atoms with E-state index in [1.54, 1.807) is 36.2 Å². The van der Waals surface area contributed by atoms with Gasteiger partial charge in [0.2, 0.25) is 0 Å². The Bertz CT molecular complexity index is 972. The largest absolute Gasteiger partial charge is 0.480 e. The number of nitrogens with zero attached hydrogens (tertiary/aromatic N) is 2. The molecule has 0 amide bonds. The molecule has 0 unspecified atom stereocenters. The van der Waals surface area contributed by atoms with Crippen LogP contribution >= 0.6 is 0 Å². The SMILES string of the molecule is CCCCc1ccc2nc(N(C)CC(=O)O)cc(-c3ccccc3F)c2c1. The van der Waals surface area contributed by atoms with Gasteiger partial charge in [-0.15, -0.1) is 0 Å². The minimum atomic E-state index is -0.943. The second-order valence-electron chi connectivity index (χ2n) is 6.71. The Morgan fingerprint density at radius 2 is 1.93 bits per heavy atom. The van der Waals surface area contributed by atoms with E-state index in [0.29, 0.717) is 11.4 Å². The van der Waals surface area contributed by atoms with Crippen molar-refractivity contribution in [3.8, 4) is 11.1 Å². The molecular weight excluding hydrogens is 343 g/mol. The second kappa shape index (κ2) is 8.16. The van der Waals surface area contributed by atoms with Crippen LogP contribution in [0.5, 0.6) is 0 Å². The first-order valence-electron chi connectivity index (χ1n) is 9.11. The molecule has 3 aromatic rings. The Kier molecular flexibility index (Phi) is 5.69. The number of benzene rings is 2. The van der Waals surface area contributed by atoms with Gasteiger partial charge in [-0.25, -0.2) is 9.37 Å². The van der Waals surface area contributed by atoms with Gasteiger partial charge in [0.25, 0.3) is 0 Å². The number of aromatic nitrogens is 1. The van der Waals surface area contributed by atoms with Gasteiger partial charge in [-0.05, 0) is 48.2 Å². The number of fused-ring (bicyclic) bond motifs is 1. The summed E-state index contributed by atoms with van der Waals surface area (Å²) in [6.45, 7) is 1.97. The highest BCUT2D eigenvalue weighted by atomic mass is 19.1. The van der Waals surface area contributed by atoms with Gasteiger partial charge in [0.05, 0.1) is 5.52 Å². The maximum atomic E-state index is 14.5. The number of rotatable bonds is 7. The predicted molar refractivity (Wildman–Crippen MR) is 107 cm³/mol. The van der Waals surface area contributed by atoms with Crippen LogP contribution in [0.25, 0.3) is 22.0 Å². The second-order valence-corrected chi connectivity index (χ2v) is 6.71. The van der Waals surface area contributed by atoms with Crippen molar-refractivity contribution in [2.45, 2.75) is 26.2 Å². The fraction of sp³-hybridized carbons (Fsp3) is 0.273. The van der Waals surface area contributed by atoms with Gasteiger partial charge < -0.3 is 10.0 Å². The number of likely N-dealkylation sites (N-methyl/N-ethyl adjacent to an activating group) is 1. The smallest absolute Gasteiger partial charge is 0.323 e. The first-order valence-corrected chi connectivity index (χ1v) is 9.11. The van der Waals surface area contributed by atoms with Gasteiger partial charge in [0.15, 0.2) is 0 Å². The third-order valence-corrected chi connectivity index (χ3v) is 4.61. The van der Waals surface area contributed by atoms with Crippen LogP contribution in [0.4, 0.5) is 10.2 Å². The van der Waals surface area contributed by atoms with Crippen LogP contribution in [-0.4, -0.2) is 29.7 Å². The fourth-order valence-electron chi connectivity index (χ4n) is 3.18. The maximum absolute atomic E-state index is 14.5. The van der Waals surface area contributed by atoms with Gasteiger partial charge in [0.1, 0.15) is 18.2 Å². The Morgan fingerprint density at radius 1 is 1.15 bits per heavy atom. The summed E-state index contributed by atoms with van der Waals surface area (Å²) in [5, 5.41) is 9.95. The van der Waals surface area contributed by atoms with E-state index in [4.69, 9.17) is 5.11 Å². The van der Waals surface area contributed by atoms with E-state index >= 15 is 0 Å². The van der Waals surface area contributed by atoms with Crippen molar-refractivity contribution >= 4 is 22.7 Å². The lowest BCUT2D eigenvalue weighted by Gasteiger charge is -2.19. The molecule has 4 nitrogen and oxygen atoms in total. The first-order chi connectivity index (χ1) is 13.0. The van der Waals surface area contributed by atoms with Crippen molar-refractivity contribution in [2.75, 3.05) is 18.5 Å². The quantitative estimate of drug-likeness (QED) is 0.646. The number of halogens is 1. The molecule has 1 N–H and O–H groups in total. The predicted octanol–water partition coefficient (Wildman–Crippen LogP) is 4.90.